The summed E-state index contributed by atoms with van der Waals surface area (Å²) >= 11 is 0. The van der Waals surface area contributed by atoms with E-state index in [2.05, 4.69) is 40.7 Å². The SMILES string of the molecule is CC[C@]1(O)CC[C@H]2C(=CC[C@@H]3[C@@H]2CC[C@]2(C)[C@@H](CCC[C@@H](O)C(C)(C)C)CC[C@@H]32)C1. The normalized spacial score (nSPS) is 44.6. The Morgan fingerprint density at radius 3 is 2.57 bits per heavy atom. The second-order valence-electron chi connectivity index (χ2n) is 13.0. The van der Waals surface area contributed by atoms with Crippen LogP contribution in [0.15, 0.2) is 11.6 Å². The molecule has 0 amide bonds. The van der Waals surface area contributed by atoms with Crippen molar-refractivity contribution in [3.8, 4) is 0 Å². The zero-order valence-electron chi connectivity index (χ0n) is 20.4. The fourth-order valence-corrected chi connectivity index (χ4v) is 8.24. The summed E-state index contributed by atoms with van der Waals surface area (Å²) in [5, 5.41) is 21.3. The molecule has 0 bridgehead atoms. The van der Waals surface area contributed by atoms with E-state index in [0.29, 0.717) is 5.41 Å². The predicted molar refractivity (Wildman–Crippen MR) is 125 cm³/mol. The van der Waals surface area contributed by atoms with E-state index in [1.807, 2.05) is 0 Å². The van der Waals surface area contributed by atoms with Crippen LogP contribution in [0.3, 0.4) is 0 Å². The Morgan fingerprint density at radius 1 is 1.10 bits per heavy atom. The lowest BCUT2D eigenvalue weighted by atomic mass is 9.51. The molecular weight excluding hydrogens is 368 g/mol. The van der Waals surface area contributed by atoms with Crippen molar-refractivity contribution in [2.75, 3.05) is 0 Å². The number of allylic oxidation sites excluding steroid dienone is 1. The van der Waals surface area contributed by atoms with E-state index in [0.717, 1.165) is 55.3 Å². The van der Waals surface area contributed by atoms with Gasteiger partial charge in [-0.05, 0) is 111 Å². The van der Waals surface area contributed by atoms with Crippen LogP contribution in [0.1, 0.15) is 112 Å². The second-order valence-corrected chi connectivity index (χ2v) is 13.0. The Morgan fingerprint density at radius 2 is 1.87 bits per heavy atom. The molecule has 0 unspecified atom stereocenters. The zero-order valence-corrected chi connectivity index (χ0v) is 20.4. The Kier molecular flexibility index (Phi) is 6.26. The van der Waals surface area contributed by atoms with Crippen LogP contribution >= 0.6 is 0 Å². The van der Waals surface area contributed by atoms with Crippen LogP contribution in [0.5, 0.6) is 0 Å². The first-order valence-electron chi connectivity index (χ1n) is 13.2. The van der Waals surface area contributed by atoms with E-state index in [1.165, 1.54) is 51.4 Å². The predicted octanol–water partition coefficient (Wildman–Crippen LogP) is 6.89. The third-order valence-electron chi connectivity index (χ3n) is 10.5. The van der Waals surface area contributed by atoms with Gasteiger partial charge in [0.15, 0.2) is 0 Å². The summed E-state index contributed by atoms with van der Waals surface area (Å²) in [4.78, 5) is 0. The van der Waals surface area contributed by atoms with Crippen LogP contribution in [0.2, 0.25) is 0 Å². The van der Waals surface area contributed by atoms with Crippen molar-refractivity contribution in [2.45, 2.75) is 123 Å². The van der Waals surface area contributed by atoms with Crippen molar-refractivity contribution in [3.05, 3.63) is 11.6 Å². The average molecular weight is 417 g/mol. The van der Waals surface area contributed by atoms with Crippen LogP contribution in [0.4, 0.5) is 0 Å². The lowest BCUT2D eigenvalue weighted by molar-refractivity contribution is -0.0412. The molecule has 4 rings (SSSR count). The molecule has 8 atom stereocenters. The smallest absolute Gasteiger partial charge is 0.0682 e. The molecule has 2 nitrogen and oxygen atoms in total. The minimum absolute atomic E-state index is 0.0102. The van der Waals surface area contributed by atoms with Gasteiger partial charge >= 0.3 is 0 Å². The van der Waals surface area contributed by atoms with Gasteiger partial charge in [0.25, 0.3) is 0 Å². The standard InChI is InChI=1S/C28H48O2/c1-6-28(30)17-15-21-19(18-28)10-12-23-22(21)14-16-27(5)20(11-13-24(23)27)8-7-9-25(29)26(2,3)4/h10,20-25,29-30H,6-9,11-18H2,1-5H3/t20-,21-,22+,23+,24-,25+,27+,28-/m0/s1. The van der Waals surface area contributed by atoms with Crippen molar-refractivity contribution in [2.24, 2.45) is 40.4 Å². The zero-order chi connectivity index (χ0) is 21.7. The van der Waals surface area contributed by atoms with Crippen LogP contribution in [-0.4, -0.2) is 21.9 Å². The highest BCUT2D eigenvalue weighted by Crippen LogP contribution is 2.64. The average Bonchev–Trinajstić information content (AvgIpc) is 3.03. The van der Waals surface area contributed by atoms with E-state index >= 15 is 0 Å². The third kappa shape index (κ3) is 4.05. The van der Waals surface area contributed by atoms with E-state index in [1.54, 1.807) is 5.57 Å². The molecule has 2 heteroatoms. The summed E-state index contributed by atoms with van der Waals surface area (Å²) in [6, 6.07) is 0. The number of aliphatic hydroxyl groups excluding tert-OH is 1. The van der Waals surface area contributed by atoms with Gasteiger partial charge in [-0.15, -0.1) is 0 Å². The van der Waals surface area contributed by atoms with Crippen LogP contribution < -0.4 is 0 Å². The molecule has 0 aromatic heterocycles. The van der Waals surface area contributed by atoms with Crippen molar-refractivity contribution in [1.29, 1.82) is 0 Å². The fourth-order valence-electron chi connectivity index (χ4n) is 8.24. The summed E-state index contributed by atoms with van der Waals surface area (Å²) in [6.45, 7) is 11.2. The maximum Gasteiger partial charge on any atom is 0.0682 e. The minimum atomic E-state index is -0.422. The minimum Gasteiger partial charge on any atom is -0.393 e. The third-order valence-corrected chi connectivity index (χ3v) is 10.5. The first-order chi connectivity index (χ1) is 14.1. The fraction of sp³-hybridized carbons (Fsp3) is 0.929. The molecular formula is C28H48O2. The van der Waals surface area contributed by atoms with Gasteiger partial charge < -0.3 is 10.2 Å². The molecule has 3 saturated carbocycles. The lowest BCUT2D eigenvalue weighted by Gasteiger charge is -2.54. The molecule has 30 heavy (non-hydrogen) atoms. The van der Waals surface area contributed by atoms with Crippen molar-refractivity contribution >= 4 is 0 Å². The molecule has 4 aliphatic carbocycles. The molecule has 0 radical (unpaired) electrons. The molecule has 0 aliphatic heterocycles. The van der Waals surface area contributed by atoms with Crippen molar-refractivity contribution in [1.82, 2.24) is 0 Å². The maximum atomic E-state index is 10.9. The molecule has 4 aliphatic rings. The highest BCUT2D eigenvalue weighted by Gasteiger charge is 2.56. The maximum absolute atomic E-state index is 10.9. The molecule has 0 saturated heterocycles. The first-order valence-corrected chi connectivity index (χ1v) is 13.2. The number of aliphatic hydroxyl groups is 2. The quantitative estimate of drug-likeness (QED) is 0.479. The van der Waals surface area contributed by atoms with Gasteiger partial charge in [-0.1, -0.05) is 52.7 Å². The molecule has 0 heterocycles. The summed E-state index contributed by atoms with van der Waals surface area (Å²) in [5.41, 5.74) is 1.73. The van der Waals surface area contributed by atoms with Gasteiger partial charge in [0.05, 0.1) is 11.7 Å². The van der Waals surface area contributed by atoms with Gasteiger partial charge in [0.2, 0.25) is 0 Å². The molecule has 2 N–H and O–H groups in total. The van der Waals surface area contributed by atoms with Gasteiger partial charge in [0.1, 0.15) is 0 Å². The van der Waals surface area contributed by atoms with E-state index in [4.69, 9.17) is 0 Å². The Hall–Kier alpha value is -0.340. The summed E-state index contributed by atoms with van der Waals surface area (Å²) < 4.78 is 0. The van der Waals surface area contributed by atoms with Gasteiger partial charge in [-0.3, -0.25) is 0 Å². The van der Waals surface area contributed by atoms with E-state index in [9.17, 15) is 10.2 Å². The number of hydrogen-bond acceptors (Lipinski definition) is 2. The lowest BCUT2D eigenvalue weighted by Crippen LogP contribution is -2.47. The summed E-state index contributed by atoms with van der Waals surface area (Å²) in [6.07, 6.45) is 16.8. The Balaban J connectivity index is 1.40. The van der Waals surface area contributed by atoms with E-state index < -0.39 is 5.60 Å². The van der Waals surface area contributed by atoms with Gasteiger partial charge in [0, 0.05) is 0 Å². The topological polar surface area (TPSA) is 40.5 Å². The molecule has 3 fully saturated rings. The molecule has 0 aromatic rings. The Bertz CT molecular complexity index is 646. The van der Waals surface area contributed by atoms with Crippen molar-refractivity contribution < 1.29 is 10.2 Å². The van der Waals surface area contributed by atoms with Crippen LogP contribution in [0.25, 0.3) is 0 Å². The highest BCUT2D eigenvalue weighted by molar-refractivity contribution is 5.22. The van der Waals surface area contributed by atoms with Crippen molar-refractivity contribution in [3.63, 3.8) is 0 Å². The number of fused-ring (bicyclic) bond motifs is 5. The number of hydrogen-bond donors (Lipinski definition) is 2. The summed E-state index contributed by atoms with van der Waals surface area (Å²) in [7, 11) is 0. The van der Waals surface area contributed by atoms with Gasteiger partial charge in [-0.2, -0.15) is 0 Å². The largest absolute Gasteiger partial charge is 0.393 e. The Labute approximate surface area is 185 Å². The first kappa shape index (κ1) is 22.8. The monoisotopic (exact) mass is 416 g/mol. The summed E-state index contributed by atoms with van der Waals surface area (Å²) in [5.74, 6) is 4.29. The molecule has 172 valence electrons. The highest BCUT2D eigenvalue weighted by atomic mass is 16.3. The van der Waals surface area contributed by atoms with Gasteiger partial charge in [-0.25, -0.2) is 0 Å². The van der Waals surface area contributed by atoms with E-state index in [-0.39, 0.29) is 11.5 Å². The number of rotatable bonds is 5. The van der Waals surface area contributed by atoms with Crippen LogP contribution in [-0.2, 0) is 0 Å². The van der Waals surface area contributed by atoms with Crippen LogP contribution in [0, 0.1) is 40.4 Å². The second kappa shape index (κ2) is 8.22. The molecule has 0 spiro atoms. The molecule has 0 aromatic carbocycles.